The van der Waals surface area contributed by atoms with Gasteiger partial charge in [0.25, 0.3) is 0 Å². The van der Waals surface area contributed by atoms with Gasteiger partial charge in [-0.1, -0.05) is 120 Å². The largest absolute Gasteiger partial charge is 3.00 e. The van der Waals surface area contributed by atoms with Gasteiger partial charge >= 0.3 is 20.1 Å². The van der Waals surface area contributed by atoms with E-state index in [1.165, 1.54) is 21.5 Å². The van der Waals surface area contributed by atoms with Crippen molar-refractivity contribution in [2.45, 2.75) is 98.1 Å². The summed E-state index contributed by atoms with van der Waals surface area (Å²) in [6.07, 6.45) is 5.59. The maximum atomic E-state index is 9.53. The molecule has 3 unspecified atom stereocenters. The summed E-state index contributed by atoms with van der Waals surface area (Å²) in [7, 11) is -2.85. The molecule has 5 nitrogen and oxygen atoms in total. The van der Waals surface area contributed by atoms with Gasteiger partial charge in [-0.15, -0.1) is 24.2 Å². The molecule has 2 aliphatic rings. The number of furan rings is 1. The molecule has 1 aliphatic heterocycles. The maximum absolute atomic E-state index is 9.53. The fourth-order valence-corrected chi connectivity index (χ4v) is 10.5. The molecule has 0 N–H and O–H groups in total. The first-order valence-electron chi connectivity index (χ1n) is 22.3. The molecule has 3 aromatic heterocycles. The van der Waals surface area contributed by atoms with Crippen LogP contribution < -0.4 is 10.6 Å². The second-order valence-electron chi connectivity index (χ2n) is 18.9. The third-order valence-corrected chi connectivity index (χ3v) is 15.7. The molecule has 4 heterocycles. The molecule has 1 aliphatic carbocycles. The van der Waals surface area contributed by atoms with Crippen molar-refractivity contribution in [2.24, 2.45) is 23.1 Å². The van der Waals surface area contributed by atoms with E-state index in [0.29, 0.717) is 6.42 Å². The van der Waals surface area contributed by atoms with E-state index >= 15 is 0 Å². The summed E-state index contributed by atoms with van der Waals surface area (Å²) < 4.78 is 41.0. The monoisotopic (exact) mass is 970 g/mol. The number of fused-ring (bicyclic) bond motifs is 6. The van der Waals surface area contributed by atoms with Crippen molar-refractivity contribution in [3.63, 3.8) is 0 Å². The van der Waals surface area contributed by atoms with Crippen LogP contribution in [0.5, 0.6) is 0 Å². The summed E-state index contributed by atoms with van der Waals surface area (Å²) in [4.78, 5) is 13.6. The predicted molar refractivity (Wildman–Crippen MR) is 242 cm³/mol. The Morgan fingerprint density at radius 2 is 1.54 bits per heavy atom. The summed E-state index contributed by atoms with van der Waals surface area (Å²) >= 11 is 0. The second-order valence-corrected chi connectivity index (χ2v) is 28.9. The van der Waals surface area contributed by atoms with Crippen molar-refractivity contribution in [3.8, 4) is 11.4 Å². The van der Waals surface area contributed by atoms with Crippen LogP contribution in [-0.2, 0) is 20.1 Å². The minimum atomic E-state index is -2.13. The van der Waals surface area contributed by atoms with Gasteiger partial charge in [0.1, 0.15) is 11.9 Å². The van der Waals surface area contributed by atoms with Crippen LogP contribution in [0.25, 0.3) is 60.2 Å². The molecule has 8 heteroatoms. The molecule has 9 rings (SSSR count). The first kappa shape index (κ1) is 36.5. The molecule has 0 spiro atoms. The van der Waals surface area contributed by atoms with E-state index in [1.54, 1.807) is 6.33 Å². The van der Waals surface area contributed by atoms with Crippen molar-refractivity contribution < 1.29 is 30.0 Å². The molecule has 0 radical (unpaired) electrons. The summed E-state index contributed by atoms with van der Waals surface area (Å²) in [6.45, 7) is 16.4. The van der Waals surface area contributed by atoms with Gasteiger partial charge in [0.15, 0.2) is 0 Å². The van der Waals surface area contributed by atoms with Crippen LogP contribution in [0.3, 0.4) is 0 Å². The van der Waals surface area contributed by atoms with E-state index in [4.69, 9.17) is 18.8 Å². The van der Waals surface area contributed by atoms with Crippen LogP contribution in [0, 0.1) is 35.3 Å². The Hall–Kier alpha value is -3.53. The smallest absolute Gasteiger partial charge is 0.657 e. The van der Waals surface area contributed by atoms with E-state index in [1.807, 2.05) is 12.1 Å². The molecule has 1 saturated heterocycles. The van der Waals surface area contributed by atoms with Gasteiger partial charge in [-0.3, -0.25) is 9.97 Å². The number of hydrogen-bond acceptors (Lipinski definition) is 4. The van der Waals surface area contributed by atoms with E-state index in [0.717, 1.165) is 75.3 Å². The van der Waals surface area contributed by atoms with Crippen LogP contribution in [-0.4, -0.2) is 37.6 Å². The molecule has 0 amide bonds. The fourth-order valence-electron chi connectivity index (χ4n) is 8.47. The molecule has 2 fully saturated rings. The van der Waals surface area contributed by atoms with Gasteiger partial charge in [-0.25, -0.2) is 4.98 Å². The van der Waals surface area contributed by atoms with Gasteiger partial charge in [0.2, 0.25) is 0 Å². The number of hydrogen-bond donors (Lipinski definition) is 0. The van der Waals surface area contributed by atoms with Crippen LogP contribution >= 0.6 is 0 Å². The Labute approximate surface area is 360 Å². The van der Waals surface area contributed by atoms with Gasteiger partial charge in [-0.2, -0.15) is 30.3 Å². The zero-order valence-corrected chi connectivity index (χ0v) is 39.0. The van der Waals surface area contributed by atoms with Gasteiger partial charge in [0, 0.05) is 21.8 Å². The third-order valence-electron chi connectivity index (χ3n) is 12.1. The standard InChI is InChI=1S/C34H35NO.C15H22N3Si2.Ir/c1-21-20-35-31(18-28(21)23-13-15-34(2,3)16-14-23)27-10-6-9-26-30-17-24-12-11-22-7-4-5-8-25(22)29(24)19-32(30)36-33(26)27;1-19(2,3)14-9-7-8-12(18-14)13-10-15(17-11-16-13)20(4,5)6;/h4-9,11-12,17,19,21,23,28,31H,13-16,18,20H2,1-3H3;7,9-11H,1-6H3;/q-2;-1;+3/i1D3,23D;;. The van der Waals surface area contributed by atoms with E-state index in [-0.39, 0.29) is 44.0 Å². The number of pyridine rings is 1. The number of rotatable bonds is 5. The molecule has 1 saturated carbocycles. The topological polar surface area (TPSA) is 65.9 Å². The van der Waals surface area contributed by atoms with Gasteiger partial charge in [-0.05, 0) is 93.3 Å². The molecular weight excluding hydrogens is 909 g/mol. The molecule has 57 heavy (non-hydrogen) atoms. The minimum absolute atomic E-state index is 0. The van der Waals surface area contributed by atoms with Crippen molar-refractivity contribution in [2.75, 3.05) is 6.54 Å². The molecule has 296 valence electrons. The summed E-state index contributed by atoms with van der Waals surface area (Å²) in [5.74, 6) is -1.58. The average molecular weight is 970 g/mol. The first-order valence-corrected chi connectivity index (χ1v) is 27.3. The maximum Gasteiger partial charge on any atom is 3.00 e. The van der Waals surface area contributed by atoms with Crippen LogP contribution in [0.2, 0.25) is 39.3 Å². The Balaban J connectivity index is 0.000000226. The number of benzene rings is 4. The number of piperidine rings is 1. The molecule has 7 aromatic rings. The quantitative estimate of drug-likeness (QED) is 0.0979. The van der Waals surface area contributed by atoms with Crippen molar-refractivity contribution in [1.29, 1.82) is 0 Å². The minimum Gasteiger partial charge on any atom is -0.657 e. The van der Waals surface area contributed by atoms with E-state index in [9.17, 15) is 1.37 Å². The molecule has 0 bridgehead atoms. The summed E-state index contributed by atoms with van der Waals surface area (Å²) in [6, 6.07) is 33.6. The van der Waals surface area contributed by atoms with Gasteiger partial charge < -0.3 is 9.73 Å². The van der Waals surface area contributed by atoms with Crippen LogP contribution in [0.1, 0.15) is 69.9 Å². The van der Waals surface area contributed by atoms with E-state index < -0.39 is 34.8 Å². The van der Waals surface area contributed by atoms with Gasteiger partial charge in [0.05, 0.1) is 16.1 Å². The zero-order valence-electron chi connectivity index (χ0n) is 38.6. The Bertz CT molecular complexity index is 2640. The van der Waals surface area contributed by atoms with Crippen LogP contribution in [0.4, 0.5) is 0 Å². The first-order chi connectivity index (χ1) is 28.2. The number of nitrogens with zero attached hydrogens (tertiary/aromatic N) is 4. The van der Waals surface area contributed by atoms with Crippen molar-refractivity contribution >= 4 is 70.3 Å². The SMILES string of the molecule is C[Si](C)(C)c1cc(-c2[c-]ccc([Si](C)(C)C)n2)ncn1.[2H]C([2H])([2H])C1C[N-]C(c2[c-]ccc3c2oc2cc4c(ccc5ccccc54)cc23)CC1C1([2H])CCC(C)(C)CC1.[Ir+3]. The Kier molecular flexibility index (Phi) is 10.4. The predicted octanol–water partition coefficient (Wildman–Crippen LogP) is 12.4. The third kappa shape index (κ3) is 8.77. The number of aromatic nitrogens is 3. The summed E-state index contributed by atoms with van der Waals surface area (Å²) in [5.41, 5.74) is 4.43. The molecular formula is C49H57IrN4OSi2. The Morgan fingerprint density at radius 3 is 2.30 bits per heavy atom. The van der Waals surface area contributed by atoms with E-state index in [2.05, 4.69) is 142 Å². The van der Waals surface area contributed by atoms with Crippen LogP contribution in [0.15, 0.2) is 89.6 Å². The molecule has 3 atom stereocenters. The Morgan fingerprint density at radius 1 is 0.807 bits per heavy atom. The van der Waals surface area contributed by atoms with Crippen molar-refractivity contribution in [1.82, 2.24) is 15.0 Å². The zero-order chi connectivity index (χ0) is 42.8. The van der Waals surface area contributed by atoms with Crippen molar-refractivity contribution in [3.05, 3.63) is 108 Å². The summed E-state index contributed by atoms with van der Waals surface area (Å²) in [5, 5.41) is 14.1. The molecule has 4 aromatic carbocycles. The normalized spacial score (nSPS) is 22.1. The second kappa shape index (κ2) is 16.3. The average Bonchev–Trinajstić information content (AvgIpc) is 3.58. The fraction of sp³-hybridized carbons (Fsp3) is 0.408.